The zero-order valence-electron chi connectivity index (χ0n) is 23.1. The van der Waals surface area contributed by atoms with Gasteiger partial charge >= 0.3 is 0 Å². The highest BCUT2D eigenvalue weighted by Gasteiger charge is 2.73. The molecule has 2 bridgehead atoms. The third-order valence-corrected chi connectivity index (χ3v) is 8.89. The number of likely N-dealkylation sites (tertiary alicyclic amines) is 1. The van der Waals surface area contributed by atoms with Gasteiger partial charge in [0.25, 0.3) is 0 Å². The number of hydrogen-bond donors (Lipinski definition) is 1. The van der Waals surface area contributed by atoms with Crippen molar-refractivity contribution in [3.8, 4) is 0 Å². The molecule has 6 rings (SSSR count). The Morgan fingerprint density at radius 3 is 2.31 bits per heavy atom. The molecule has 0 saturated carbocycles. The van der Waals surface area contributed by atoms with E-state index in [0.29, 0.717) is 19.6 Å². The smallest absolute Gasteiger partial charge is 0.246 e. The molecular formula is C34H32BrN3O4. The van der Waals surface area contributed by atoms with Crippen LogP contribution >= 0.6 is 15.9 Å². The minimum atomic E-state index is -1.23. The van der Waals surface area contributed by atoms with E-state index in [2.05, 4.69) is 27.8 Å². The van der Waals surface area contributed by atoms with Crippen molar-refractivity contribution in [3.63, 3.8) is 0 Å². The molecule has 5 atom stereocenters. The molecule has 1 N–H and O–H groups in total. The first-order valence-electron chi connectivity index (χ1n) is 14.1. The van der Waals surface area contributed by atoms with Crippen molar-refractivity contribution in [3.05, 3.63) is 131 Å². The van der Waals surface area contributed by atoms with E-state index in [1.807, 2.05) is 97.1 Å². The first-order chi connectivity index (χ1) is 20.4. The SMILES string of the molecule is C=CCN(Cc1ccc(Br)cc1)C(=O)[C@@H]1[C@@H]2C=C[C@]3(O2)[C@H](C(=O)NCc2ccccc2)N(Cc2ccccc2)C(=O)[C@@H]13. The average Bonchev–Trinajstić information content (AvgIpc) is 3.65. The lowest BCUT2D eigenvalue weighted by atomic mass is 9.74. The fourth-order valence-corrected chi connectivity index (χ4v) is 6.76. The van der Waals surface area contributed by atoms with Gasteiger partial charge in [0.05, 0.1) is 17.9 Å². The molecule has 3 aliphatic heterocycles. The van der Waals surface area contributed by atoms with Crippen LogP contribution in [0.4, 0.5) is 0 Å². The fraction of sp³-hybridized carbons (Fsp3) is 0.265. The summed E-state index contributed by atoms with van der Waals surface area (Å²) >= 11 is 3.46. The number of hydrogen-bond acceptors (Lipinski definition) is 4. The Morgan fingerprint density at radius 2 is 1.64 bits per heavy atom. The Morgan fingerprint density at radius 1 is 0.976 bits per heavy atom. The predicted molar refractivity (Wildman–Crippen MR) is 163 cm³/mol. The van der Waals surface area contributed by atoms with E-state index >= 15 is 0 Å². The number of fused-ring (bicyclic) bond motifs is 1. The summed E-state index contributed by atoms with van der Waals surface area (Å²) in [6.45, 7) is 5.11. The van der Waals surface area contributed by atoms with E-state index in [1.54, 1.807) is 15.9 Å². The Bertz CT molecular complexity index is 1510. The number of nitrogens with one attached hydrogen (secondary N) is 1. The highest BCUT2D eigenvalue weighted by Crippen LogP contribution is 2.55. The number of benzene rings is 3. The van der Waals surface area contributed by atoms with Crippen molar-refractivity contribution in [1.82, 2.24) is 15.1 Å². The van der Waals surface area contributed by atoms with Gasteiger partial charge in [-0.3, -0.25) is 14.4 Å². The average molecular weight is 627 g/mol. The topological polar surface area (TPSA) is 79.0 Å². The lowest BCUT2D eigenvalue weighted by Gasteiger charge is -2.32. The first-order valence-corrected chi connectivity index (χ1v) is 14.9. The van der Waals surface area contributed by atoms with Gasteiger partial charge in [-0.15, -0.1) is 6.58 Å². The van der Waals surface area contributed by atoms with Crippen molar-refractivity contribution < 1.29 is 19.1 Å². The van der Waals surface area contributed by atoms with Crippen LogP contribution in [0.15, 0.2) is 114 Å². The Balaban J connectivity index is 1.32. The van der Waals surface area contributed by atoms with Gasteiger partial charge in [0.1, 0.15) is 11.6 Å². The summed E-state index contributed by atoms with van der Waals surface area (Å²) in [6, 6.07) is 26.1. The van der Waals surface area contributed by atoms with Gasteiger partial charge < -0.3 is 19.9 Å². The van der Waals surface area contributed by atoms with Gasteiger partial charge in [0.2, 0.25) is 17.7 Å². The maximum Gasteiger partial charge on any atom is 0.246 e. The van der Waals surface area contributed by atoms with E-state index in [9.17, 15) is 14.4 Å². The van der Waals surface area contributed by atoms with Gasteiger partial charge in [0.15, 0.2) is 0 Å². The third kappa shape index (κ3) is 5.10. The normalized spacial score (nSPS) is 25.4. The quantitative estimate of drug-likeness (QED) is 0.333. The molecule has 42 heavy (non-hydrogen) atoms. The number of carbonyl (C=O) groups is 3. The van der Waals surface area contributed by atoms with Crippen LogP contribution in [0.5, 0.6) is 0 Å². The van der Waals surface area contributed by atoms with E-state index in [1.165, 1.54) is 0 Å². The minimum absolute atomic E-state index is 0.183. The number of ether oxygens (including phenoxy) is 1. The van der Waals surface area contributed by atoms with Crippen molar-refractivity contribution in [2.24, 2.45) is 11.8 Å². The second kappa shape index (κ2) is 11.7. The van der Waals surface area contributed by atoms with Crippen LogP contribution in [-0.4, -0.2) is 51.8 Å². The summed E-state index contributed by atoms with van der Waals surface area (Å²) in [4.78, 5) is 45.8. The molecule has 0 radical (unpaired) electrons. The van der Waals surface area contributed by atoms with Crippen LogP contribution in [0.25, 0.3) is 0 Å². The van der Waals surface area contributed by atoms with Crippen LogP contribution in [0.2, 0.25) is 0 Å². The lowest BCUT2D eigenvalue weighted by Crippen LogP contribution is -2.54. The standard InChI is InChI=1S/C34H32BrN3O4/c1-2-19-37(21-25-13-15-26(35)16-14-25)32(40)28-27-17-18-34(42-27)29(28)33(41)38(22-24-11-7-4-8-12-24)30(34)31(39)36-20-23-9-5-3-6-10-23/h2-18,27-30H,1,19-22H2,(H,36,39)/t27-,28+,29+,30-,34+/m0/s1. The molecule has 3 aromatic rings. The van der Waals surface area contributed by atoms with Gasteiger partial charge in [-0.1, -0.05) is 107 Å². The number of rotatable bonds is 10. The largest absolute Gasteiger partial charge is 0.359 e. The molecular weight excluding hydrogens is 594 g/mol. The molecule has 7 nitrogen and oxygen atoms in total. The number of amides is 3. The van der Waals surface area contributed by atoms with Gasteiger partial charge in [-0.05, 0) is 28.8 Å². The van der Waals surface area contributed by atoms with Gasteiger partial charge in [-0.25, -0.2) is 0 Å². The molecule has 3 aliphatic rings. The first kappa shape index (κ1) is 28.1. The predicted octanol–water partition coefficient (Wildman–Crippen LogP) is 4.63. The summed E-state index contributed by atoms with van der Waals surface area (Å²) < 4.78 is 7.47. The molecule has 3 amide bonds. The van der Waals surface area contributed by atoms with Crippen molar-refractivity contribution in [2.45, 2.75) is 37.4 Å². The van der Waals surface area contributed by atoms with E-state index in [0.717, 1.165) is 21.2 Å². The molecule has 2 fully saturated rings. The molecule has 0 unspecified atom stereocenters. The van der Waals surface area contributed by atoms with Crippen molar-refractivity contribution in [2.75, 3.05) is 6.54 Å². The van der Waals surface area contributed by atoms with E-state index in [4.69, 9.17) is 4.74 Å². The van der Waals surface area contributed by atoms with Crippen LogP contribution < -0.4 is 5.32 Å². The van der Waals surface area contributed by atoms with Crippen LogP contribution in [-0.2, 0) is 38.8 Å². The summed E-state index contributed by atoms with van der Waals surface area (Å²) in [5.41, 5.74) is 1.58. The molecule has 3 heterocycles. The summed E-state index contributed by atoms with van der Waals surface area (Å²) in [7, 11) is 0. The highest BCUT2D eigenvalue weighted by molar-refractivity contribution is 9.10. The Kier molecular flexibility index (Phi) is 7.84. The molecule has 214 valence electrons. The van der Waals surface area contributed by atoms with E-state index < -0.39 is 29.6 Å². The summed E-state index contributed by atoms with van der Waals surface area (Å²) in [6.07, 6.45) is 4.79. The maximum absolute atomic E-state index is 14.3. The lowest BCUT2D eigenvalue weighted by molar-refractivity contribution is -0.145. The second-order valence-electron chi connectivity index (χ2n) is 11.0. The third-order valence-electron chi connectivity index (χ3n) is 8.36. The molecule has 8 heteroatoms. The molecule has 3 aromatic carbocycles. The zero-order valence-corrected chi connectivity index (χ0v) is 24.7. The van der Waals surface area contributed by atoms with Gasteiger partial charge in [0, 0.05) is 30.7 Å². The van der Waals surface area contributed by atoms with Crippen LogP contribution in [0, 0.1) is 11.8 Å². The van der Waals surface area contributed by atoms with Crippen LogP contribution in [0.1, 0.15) is 16.7 Å². The second-order valence-corrected chi connectivity index (χ2v) is 11.9. The summed E-state index contributed by atoms with van der Waals surface area (Å²) in [5.74, 6) is -2.29. The maximum atomic E-state index is 14.3. The fourth-order valence-electron chi connectivity index (χ4n) is 6.49. The molecule has 1 spiro atoms. The van der Waals surface area contributed by atoms with Crippen LogP contribution in [0.3, 0.4) is 0 Å². The molecule has 0 aromatic heterocycles. The minimum Gasteiger partial charge on any atom is -0.359 e. The van der Waals surface area contributed by atoms with Crippen molar-refractivity contribution >= 4 is 33.7 Å². The Hall–Kier alpha value is -4.01. The van der Waals surface area contributed by atoms with E-state index in [-0.39, 0.29) is 24.3 Å². The highest BCUT2D eigenvalue weighted by atomic mass is 79.9. The summed E-state index contributed by atoms with van der Waals surface area (Å²) in [5, 5.41) is 3.03. The number of carbonyl (C=O) groups excluding carboxylic acids is 3. The number of halogens is 1. The Labute approximate surface area is 254 Å². The molecule has 0 aliphatic carbocycles. The monoisotopic (exact) mass is 625 g/mol. The van der Waals surface area contributed by atoms with Crippen molar-refractivity contribution in [1.29, 1.82) is 0 Å². The number of nitrogens with zero attached hydrogens (tertiary/aromatic N) is 2. The molecule has 2 saturated heterocycles. The zero-order chi connectivity index (χ0) is 29.3. The van der Waals surface area contributed by atoms with Gasteiger partial charge in [-0.2, -0.15) is 0 Å².